The summed E-state index contributed by atoms with van der Waals surface area (Å²) in [7, 11) is 3.54. The third kappa shape index (κ3) is 3.82. The SMILES string of the molecule is CN(C)C(=O)N1CC[C@]2(O)CCN(Cc3noc(C4CCCC4)n3)C[C@@H]2C1. The molecule has 1 aliphatic carbocycles. The molecule has 2 saturated heterocycles. The molecule has 0 unspecified atom stereocenters. The highest BCUT2D eigenvalue weighted by Gasteiger charge is 2.46. The maximum Gasteiger partial charge on any atom is 0.319 e. The van der Waals surface area contributed by atoms with E-state index in [2.05, 4.69) is 15.0 Å². The third-order valence-electron chi connectivity index (χ3n) is 6.56. The number of carbonyl (C=O) groups is 1. The van der Waals surface area contributed by atoms with E-state index in [1.165, 1.54) is 12.8 Å². The van der Waals surface area contributed by atoms with Crippen molar-refractivity contribution >= 4 is 6.03 Å². The average Bonchev–Trinajstić information content (AvgIpc) is 3.32. The van der Waals surface area contributed by atoms with Gasteiger partial charge in [-0.15, -0.1) is 0 Å². The second-order valence-electron chi connectivity index (χ2n) is 8.69. The zero-order valence-corrected chi connectivity index (χ0v) is 16.4. The highest BCUT2D eigenvalue weighted by molar-refractivity contribution is 5.74. The maximum atomic E-state index is 12.3. The van der Waals surface area contributed by atoms with Crippen molar-refractivity contribution in [3.63, 3.8) is 0 Å². The van der Waals surface area contributed by atoms with Crippen LogP contribution in [0.15, 0.2) is 4.52 Å². The molecule has 1 aromatic rings. The van der Waals surface area contributed by atoms with E-state index in [-0.39, 0.29) is 11.9 Å². The molecule has 0 radical (unpaired) electrons. The number of hydrogen-bond donors (Lipinski definition) is 1. The van der Waals surface area contributed by atoms with E-state index in [9.17, 15) is 9.90 Å². The first-order valence-corrected chi connectivity index (χ1v) is 10.2. The number of aromatic nitrogens is 2. The standard InChI is InChI=1S/C19H31N5O3/c1-22(2)18(25)24-10-8-19(26)7-9-23(11-15(19)12-24)13-16-20-17(27-21-16)14-5-3-4-6-14/h14-15,26H,3-13H2,1-2H3/t15-,19-/m1/s1. The Morgan fingerprint density at radius 2 is 2.00 bits per heavy atom. The van der Waals surface area contributed by atoms with Crippen LogP contribution in [0.2, 0.25) is 0 Å². The van der Waals surface area contributed by atoms with E-state index >= 15 is 0 Å². The molecule has 3 aliphatic rings. The number of fused-ring (bicyclic) bond motifs is 1. The number of aliphatic hydroxyl groups is 1. The molecule has 8 heteroatoms. The minimum Gasteiger partial charge on any atom is -0.389 e. The zero-order valence-electron chi connectivity index (χ0n) is 16.4. The lowest BCUT2D eigenvalue weighted by molar-refractivity contribution is -0.108. The van der Waals surface area contributed by atoms with Crippen molar-refractivity contribution in [2.45, 2.75) is 56.6 Å². The van der Waals surface area contributed by atoms with Crippen LogP contribution in [0.1, 0.15) is 56.2 Å². The van der Waals surface area contributed by atoms with Crippen molar-refractivity contribution in [2.75, 3.05) is 40.3 Å². The Bertz CT molecular complexity index is 672. The van der Waals surface area contributed by atoms with Crippen LogP contribution in [-0.2, 0) is 6.54 Å². The lowest BCUT2D eigenvalue weighted by Gasteiger charge is -2.50. The van der Waals surface area contributed by atoms with Crippen LogP contribution >= 0.6 is 0 Å². The summed E-state index contributed by atoms with van der Waals surface area (Å²) >= 11 is 0. The summed E-state index contributed by atoms with van der Waals surface area (Å²) in [4.78, 5) is 22.7. The summed E-state index contributed by atoms with van der Waals surface area (Å²) in [5.74, 6) is 2.02. The molecule has 0 bridgehead atoms. The minimum absolute atomic E-state index is 0.0218. The molecule has 1 saturated carbocycles. The van der Waals surface area contributed by atoms with Gasteiger partial charge in [-0.05, 0) is 25.7 Å². The zero-order chi connectivity index (χ0) is 19.0. The van der Waals surface area contributed by atoms with Crippen LogP contribution in [-0.4, -0.2) is 81.9 Å². The predicted octanol–water partition coefficient (Wildman–Crippen LogP) is 1.67. The Hall–Kier alpha value is -1.67. The van der Waals surface area contributed by atoms with Crippen LogP contribution < -0.4 is 0 Å². The van der Waals surface area contributed by atoms with E-state index < -0.39 is 5.60 Å². The van der Waals surface area contributed by atoms with Gasteiger partial charge in [0.15, 0.2) is 5.82 Å². The number of hydrogen-bond acceptors (Lipinski definition) is 6. The van der Waals surface area contributed by atoms with E-state index in [0.29, 0.717) is 32.0 Å². The van der Waals surface area contributed by atoms with Crippen molar-refractivity contribution in [3.05, 3.63) is 11.7 Å². The number of amides is 2. The second kappa shape index (κ2) is 7.39. The first-order valence-electron chi connectivity index (χ1n) is 10.2. The largest absolute Gasteiger partial charge is 0.389 e. The van der Waals surface area contributed by atoms with Crippen molar-refractivity contribution in [1.29, 1.82) is 0 Å². The lowest BCUT2D eigenvalue weighted by atomic mass is 9.75. The van der Waals surface area contributed by atoms with Gasteiger partial charge in [-0.25, -0.2) is 4.79 Å². The van der Waals surface area contributed by atoms with Crippen LogP contribution in [0.4, 0.5) is 4.79 Å². The molecule has 1 aromatic heterocycles. The molecule has 3 fully saturated rings. The van der Waals surface area contributed by atoms with Gasteiger partial charge in [0.1, 0.15) is 0 Å². The summed E-state index contributed by atoms with van der Waals surface area (Å²) in [6.07, 6.45) is 6.17. The highest BCUT2D eigenvalue weighted by Crippen LogP contribution is 2.36. The molecule has 3 heterocycles. The van der Waals surface area contributed by atoms with Gasteiger partial charge in [0.05, 0.1) is 12.1 Å². The number of urea groups is 1. The van der Waals surface area contributed by atoms with Crippen LogP contribution in [0, 0.1) is 5.92 Å². The topological polar surface area (TPSA) is 85.9 Å². The molecule has 27 heavy (non-hydrogen) atoms. The number of piperidine rings is 2. The molecule has 2 amide bonds. The molecule has 8 nitrogen and oxygen atoms in total. The summed E-state index contributed by atoms with van der Waals surface area (Å²) < 4.78 is 5.50. The smallest absolute Gasteiger partial charge is 0.319 e. The number of likely N-dealkylation sites (tertiary alicyclic amines) is 2. The van der Waals surface area contributed by atoms with E-state index in [1.807, 2.05) is 4.90 Å². The van der Waals surface area contributed by atoms with Gasteiger partial charge >= 0.3 is 6.03 Å². The summed E-state index contributed by atoms with van der Waals surface area (Å²) in [6.45, 7) is 3.44. The normalized spacial score (nSPS) is 29.7. The molecule has 4 rings (SSSR count). The Balaban J connectivity index is 1.38. The van der Waals surface area contributed by atoms with Gasteiger partial charge in [0, 0.05) is 52.1 Å². The van der Waals surface area contributed by atoms with Crippen LogP contribution in [0.25, 0.3) is 0 Å². The monoisotopic (exact) mass is 377 g/mol. The Morgan fingerprint density at radius 3 is 2.74 bits per heavy atom. The fourth-order valence-electron chi connectivity index (χ4n) is 4.84. The predicted molar refractivity (Wildman–Crippen MR) is 99.1 cm³/mol. The molecular formula is C19H31N5O3. The molecule has 2 atom stereocenters. The molecule has 2 aliphatic heterocycles. The average molecular weight is 377 g/mol. The Morgan fingerprint density at radius 1 is 1.26 bits per heavy atom. The molecule has 0 aromatic carbocycles. The Labute approximate surface area is 160 Å². The van der Waals surface area contributed by atoms with Crippen LogP contribution in [0.3, 0.4) is 0 Å². The third-order valence-corrected chi connectivity index (χ3v) is 6.56. The summed E-state index contributed by atoms with van der Waals surface area (Å²) in [5, 5.41) is 15.2. The van der Waals surface area contributed by atoms with Gasteiger partial charge in [0.2, 0.25) is 5.89 Å². The Kier molecular flexibility index (Phi) is 5.11. The molecule has 0 spiro atoms. The second-order valence-corrected chi connectivity index (χ2v) is 8.69. The van der Waals surface area contributed by atoms with Gasteiger partial charge in [-0.2, -0.15) is 4.98 Å². The molecule has 1 N–H and O–H groups in total. The quantitative estimate of drug-likeness (QED) is 0.862. The minimum atomic E-state index is -0.661. The van der Waals surface area contributed by atoms with Crippen molar-refractivity contribution in [1.82, 2.24) is 24.8 Å². The van der Waals surface area contributed by atoms with E-state index in [0.717, 1.165) is 44.1 Å². The maximum absolute atomic E-state index is 12.3. The first kappa shape index (κ1) is 18.7. The van der Waals surface area contributed by atoms with Crippen LogP contribution in [0.5, 0.6) is 0 Å². The van der Waals surface area contributed by atoms with Crippen molar-refractivity contribution in [3.8, 4) is 0 Å². The summed E-state index contributed by atoms with van der Waals surface area (Å²) in [6, 6.07) is 0.0218. The number of rotatable bonds is 3. The number of nitrogens with zero attached hydrogens (tertiary/aromatic N) is 5. The van der Waals surface area contributed by atoms with E-state index in [4.69, 9.17) is 4.52 Å². The van der Waals surface area contributed by atoms with Gasteiger partial charge in [0.25, 0.3) is 0 Å². The lowest BCUT2D eigenvalue weighted by Crippen LogP contribution is -2.61. The fraction of sp³-hybridized carbons (Fsp3) is 0.842. The van der Waals surface area contributed by atoms with Gasteiger partial charge < -0.3 is 19.4 Å². The van der Waals surface area contributed by atoms with Gasteiger partial charge in [-0.3, -0.25) is 4.90 Å². The van der Waals surface area contributed by atoms with Crippen molar-refractivity contribution in [2.24, 2.45) is 5.92 Å². The fourth-order valence-corrected chi connectivity index (χ4v) is 4.84. The summed E-state index contributed by atoms with van der Waals surface area (Å²) in [5.41, 5.74) is -0.661. The molecule has 150 valence electrons. The first-order chi connectivity index (χ1) is 12.9. The molecular weight excluding hydrogens is 346 g/mol. The highest BCUT2D eigenvalue weighted by atomic mass is 16.5. The van der Waals surface area contributed by atoms with E-state index in [1.54, 1.807) is 19.0 Å². The van der Waals surface area contributed by atoms with Crippen molar-refractivity contribution < 1.29 is 14.4 Å². The van der Waals surface area contributed by atoms with Gasteiger partial charge in [-0.1, -0.05) is 18.0 Å². The number of carbonyl (C=O) groups excluding carboxylic acids is 1.